The molecule has 24 heavy (non-hydrogen) atoms. The molecular formula is C19H26N2O3. The van der Waals surface area contributed by atoms with Crippen LogP contribution in [0.2, 0.25) is 0 Å². The SMILES string of the molecule is O=C(CCCN1CCN(C(=O)C2CCCO2)CC1)c1ccccc1. The van der Waals surface area contributed by atoms with E-state index in [1.165, 1.54) is 0 Å². The fraction of sp³-hybridized carbons (Fsp3) is 0.579. The molecule has 130 valence electrons. The molecule has 2 fully saturated rings. The van der Waals surface area contributed by atoms with E-state index in [0.29, 0.717) is 13.0 Å². The second-order valence-corrected chi connectivity index (χ2v) is 6.56. The van der Waals surface area contributed by atoms with Crippen LogP contribution in [0.15, 0.2) is 30.3 Å². The van der Waals surface area contributed by atoms with Gasteiger partial charge in [-0.2, -0.15) is 0 Å². The third kappa shape index (κ3) is 4.42. The van der Waals surface area contributed by atoms with Gasteiger partial charge in [0, 0.05) is 44.8 Å². The zero-order chi connectivity index (χ0) is 16.8. The summed E-state index contributed by atoms with van der Waals surface area (Å²) in [5.41, 5.74) is 0.796. The van der Waals surface area contributed by atoms with E-state index in [1.807, 2.05) is 35.2 Å². The predicted molar refractivity (Wildman–Crippen MR) is 92.0 cm³/mol. The Morgan fingerprint density at radius 1 is 1.08 bits per heavy atom. The van der Waals surface area contributed by atoms with Gasteiger partial charge in [0.15, 0.2) is 5.78 Å². The number of hydrogen-bond acceptors (Lipinski definition) is 4. The topological polar surface area (TPSA) is 49.9 Å². The number of benzene rings is 1. The van der Waals surface area contributed by atoms with E-state index in [0.717, 1.165) is 57.5 Å². The van der Waals surface area contributed by atoms with E-state index in [4.69, 9.17) is 4.74 Å². The maximum Gasteiger partial charge on any atom is 0.251 e. The molecule has 1 unspecified atom stereocenters. The molecule has 2 aliphatic heterocycles. The lowest BCUT2D eigenvalue weighted by Gasteiger charge is -2.35. The van der Waals surface area contributed by atoms with Crippen molar-refractivity contribution in [3.05, 3.63) is 35.9 Å². The van der Waals surface area contributed by atoms with Gasteiger partial charge in [-0.1, -0.05) is 30.3 Å². The highest BCUT2D eigenvalue weighted by Crippen LogP contribution is 2.16. The molecule has 1 aromatic rings. The fourth-order valence-corrected chi connectivity index (χ4v) is 3.40. The van der Waals surface area contributed by atoms with Crippen LogP contribution in [-0.2, 0) is 9.53 Å². The first-order chi connectivity index (χ1) is 11.7. The Kier molecular flexibility index (Phi) is 5.99. The van der Waals surface area contributed by atoms with Crippen LogP contribution in [-0.4, -0.2) is 66.9 Å². The summed E-state index contributed by atoms with van der Waals surface area (Å²) in [6, 6.07) is 9.47. The number of nitrogens with zero attached hydrogens (tertiary/aromatic N) is 2. The van der Waals surface area contributed by atoms with Crippen molar-refractivity contribution in [1.29, 1.82) is 0 Å². The van der Waals surface area contributed by atoms with E-state index >= 15 is 0 Å². The van der Waals surface area contributed by atoms with Crippen LogP contribution in [0, 0.1) is 0 Å². The summed E-state index contributed by atoms with van der Waals surface area (Å²) in [6.07, 6.45) is 3.10. The molecule has 0 saturated carbocycles. The molecule has 1 amide bonds. The van der Waals surface area contributed by atoms with Crippen LogP contribution in [0.3, 0.4) is 0 Å². The molecule has 1 aromatic carbocycles. The van der Waals surface area contributed by atoms with E-state index in [1.54, 1.807) is 0 Å². The smallest absolute Gasteiger partial charge is 0.251 e. The van der Waals surface area contributed by atoms with Gasteiger partial charge in [0.05, 0.1) is 0 Å². The van der Waals surface area contributed by atoms with Crippen molar-refractivity contribution in [1.82, 2.24) is 9.80 Å². The molecule has 0 radical (unpaired) electrons. The lowest BCUT2D eigenvalue weighted by Crippen LogP contribution is -2.51. The van der Waals surface area contributed by atoms with Crippen LogP contribution >= 0.6 is 0 Å². The highest BCUT2D eigenvalue weighted by atomic mass is 16.5. The van der Waals surface area contributed by atoms with Gasteiger partial charge in [0.25, 0.3) is 5.91 Å². The maximum absolute atomic E-state index is 12.3. The Balaban J connectivity index is 1.35. The van der Waals surface area contributed by atoms with Crippen molar-refractivity contribution in [2.75, 3.05) is 39.3 Å². The van der Waals surface area contributed by atoms with Crippen molar-refractivity contribution in [2.45, 2.75) is 31.8 Å². The van der Waals surface area contributed by atoms with Gasteiger partial charge in [0.2, 0.25) is 0 Å². The summed E-state index contributed by atoms with van der Waals surface area (Å²) in [7, 11) is 0. The molecule has 0 aromatic heterocycles. The van der Waals surface area contributed by atoms with Crippen LogP contribution in [0.25, 0.3) is 0 Å². The number of ether oxygens (including phenoxy) is 1. The quantitative estimate of drug-likeness (QED) is 0.748. The van der Waals surface area contributed by atoms with Crippen molar-refractivity contribution in [3.63, 3.8) is 0 Å². The van der Waals surface area contributed by atoms with Crippen LogP contribution < -0.4 is 0 Å². The van der Waals surface area contributed by atoms with Crippen LogP contribution in [0.5, 0.6) is 0 Å². The Bertz CT molecular complexity index is 547. The third-order valence-corrected chi connectivity index (χ3v) is 4.86. The number of piperazine rings is 1. The average Bonchev–Trinajstić information content (AvgIpc) is 3.17. The molecule has 3 rings (SSSR count). The minimum atomic E-state index is -0.208. The van der Waals surface area contributed by atoms with Crippen molar-refractivity contribution in [3.8, 4) is 0 Å². The zero-order valence-electron chi connectivity index (χ0n) is 14.2. The first-order valence-corrected chi connectivity index (χ1v) is 8.95. The number of carbonyl (C=O) groups is 2. The largest absolute Gasteiger partial charge is 0.368 e. The van der Waals surface area contributed by atoms with Gasteiger partial charge in [-0.15, -0.1) is 0 Å². The number of ketones is 1. The second-order valence-electron chi connectivity index (χ2n) is 6.56. The summed E-state index contributed by atoms with van der Waals surface area (Å²) in [5, 5.41) is 0. The summed E-state index contributed by atoms with van der Waals surface area (Å²) in [6.45, 7) is 4.94. The summed E-state index contributed by atoms with van der Waals surface area (Å²) >= 11 is 0. The molecule has 5 nitrogen and oxygen atoms in total. The lowest BCUT2D eigenvalue weighted by molar-refractivity contribution is -0.142. The Morgan fingerprint density at radius 2 is 1.83 bits per heavy atom. The molecule has 2 aliphatic rings. The van der Waals surface area contributed by atoms with Gasteiger partial charge >= 0.3 is 0 Å². The Labute approximate surface area is 143 Å². The maximum atomic E-state index is 12.3. The van der Waals surface area contributed by atoms with Crippen molar-refractivity contribution < 1.29 is 14.3 Å². The van der Waals surface area contributed by atoms with Crippen molar-refractivity contribution in [2.24, 2.45) is 0 Å². The molecule has 0 bridgehead atoms. The molecular weight excluding hydrogens is 304 g/mol. The van der Waals surface area contributed by atoms with E-state index in [2.05, 4.69) is 4.90 Å². The fourth-order valence-electron chi connectivity index (χ4n) is 3.40. The third-order valence-electron chi connectivity index (χ3n) is 4.86. The summed E-state index contributed by atoms with van der Waals surface area (Å²) in [5.74, 6) is 0.370. The number of hydrogen-bond donors (Lipinski definition) is 0. The molecule has 0 aliphatic carbocycles. The predicted octanol–water partition coefficient (Wildman–Crippen LogP) is 1.97. The van der Waals surface area contributed by atoms with Crippen molar-refractivity contribution >= 4 is 11.7 Å². The van der Waals surface area contributed by atoms with E-state index in [9.17, 15) is 9.59 Å². The number of rotatable bonds is 6. The molecule has 1 atom stereocenters. The number of Topliss-reactive ketones (excluding diaryl/α,β-unsaturated/α-hetero) is 1. The second kappa shape index (κ2) is 8.40. The lowest BCUT2D eigenvalue weighted by atomic mass is 10.1. The average molecular weight is 330 g/mol. The highest BCUT2D eigenvalue weighted by molar-refractivity contribution is 5.95. The molecule has 0 spiro atoms. The number of amides is 1. The molecule has 2 heterocycles. The van der Waals surface area contributed by atoms with Crippen LogP contribution in [0.1, 0.15) is 36.0 Å². The highest BCUT2D eigenvalue weighted by Gasteiger charge is 2.30. The normalized spacial score (nSPS) is 21.8. The summed E-state index contributed by atoms with van der Waals surface area (Å²) in [4.78, 5) is 28.7. The molecule has 2 saturated heterocycles. The van der Waals surface area contributed by atoms with Crippen LogP contribution in [0.4, 0.5) is 0 Å². The minimum absolute atomic E-state index is 0.159. The van der Waals surface area contributed by atoms with Gasteiger partial charge < -0.3 is 9.64 Å². The van der Waals surface area contributed by atoms with Gasteiger partial charge in [-0.3, -0.25) is 14.5 Å². The summed E-state index contributed by atoms with van der Waals surface area (Å²) < 4.78 is 5.49. The minimum Gasteiger partial charge on any atom is -0.368 e. The monoisotopic (exact) mass is 330 g/mol. The number of carbonyl (C=O) groups excluding carboxylic acids is 2. The Hall–Kier alpha value is -1.72. The molecule has 5 heteroatoms. The van der Waals surface area contributed by atoms with Gasteiger partial charge in [-0.05, 0) is 25.8 Å². The van der Waals surface area contributed by atoms with E-state index in [-0.39, 0.29) is 17.8 Å². The zero-order valence-corrected chi connectivity index (χ0v) is 14.2. The molecule has 0 N–H and O–H groups in total. The standard InChI is InChI=1S/C19H26N2O3/c22-17(16-6-2-1-3-7-16)8-4-10-20-11-13-21(14-12-20)19(23)18-9-5-15-24-18/h1-3,6-7,18H,4-5,8-15H2. The Morgan fingerprint density at radius 3 is 2.50 bits per heavy atom. The first-order valence-electron chi connectivity index (χ1n) is 8.95. The first kappa shape index (κ1) is 17.1. The van der Waals surface area contributed by atoms with Gasteiger partial charge in [0.1, 0.15) is 6.10 Å². The van der Waals surface area contributed by atoms with E-state index < -0.39 is 0 Å². The van der Waals surface area contributed by atoms with Gasteiger partial charge in [-0.25, -0.2) is 0 Å².